The Morgan fingerprint density at radius 1 is 1.60 bits per heavy atom. The van der Waals surface area contributed by atoms with Crippen LogP contribution in [0.4, 0.5) is 4.39 Å². The van der Waals surface area contributed by atoms with E-state index in [-0.39, 0.29) is 17.9 Å². The lowest BCUT2D eigenvalue weighted by molar-refractivity contribution is -0.137. The van der Waals surface area contributed by atoms with Crippen molar-refractivity contribution in [3.8, 4) is 0 Å². The number of rotatable bonds is 3. The van der Waals surface area contributed by atoms with Gasteiger partial charge in [0, 0.05) is 5.56 Å². The molecule has 0 fully saturated rings. The summed E-state index contributed by atoms with van der Waals surface area (Å²) in [6.45, 7) is 1.89. The van der Waals surface area contributed by atoms with Gasteiger partial charge in [-0.3, -0.25) is 0 Å². The number of esters is 1. The van der Waals surface area contributed by atoms with Gasteiger partial charge in [0.2, 0.25) is 0 Å². The Hall–Kier alpha value is -1.84. The van der Waals surface area contributed by atoms with Crippen LogP contribution in [0, 0.1) is 5.82 Å². The molecule has 0 radical (unpaired) electrons. The number of aliphatic hydroxyl groups is 1. The smallest absolute Gasteiger partial charge is 0.334 e. The van der Waals surface area contributed by atoms with Crippen LogP contribution in [-0.2, 0) is 9.53 Å². The Labute approximate surface area is 86.8 Å². The Kier molecular flexibility index (Phi) is 3.85. The maximum atomic E-state index is 12.8. The highest BCUT2D eigenvalue weighted by molar-refractivity contribution is 5.89. The van der Waals surface area contributed by atoms with Crippen molar-refractivity contribution in [3.63, 3.8) is 0 Å². The highest BCUT2D eigenvalue weighted by Crippen LogP contribution is 2.12. The average Bonchev–Trinajstić information content (AvgIpc) is 2.18. The largest absolute Gasteiger partial charge is 0.507 e. The molecule has 1 N–H and O–H groups in total. The molecule has 3 nitrogen and oxygen atoms in total. The van der Waals surface area contributed by atoms with Gasteiger partial charge < -0.3 is 9.84 Å². The number of hydrogen-bond donors (Lipinski definition) is 1. The molecule has 0 spiro atoms. The minimum Gasteiger partial charge on any atom is -0.507 e. The van der Waals surface area contributed by atoms with Crippen LogP contribution in [0.1, 0.15) is 12.5 Å². The normalized spacial score (nSPS) is 11.2. The van der Waals surface area contributed by atoms with Crippen LogP contribution in [0.25, 0.3) is 5.76 Å². The Bertz CT molecular complexity index is 385. The summed E-state index contributed by atoms with van der Waals surface area (Å²) < 4.78 is 17.4. The number of ether oxygens (including phenoxy) is 1. The summed E-state index contributed by atoms with van der Waals surface area (Å²) in [6, 6.07) is 5.32. The molecule has 1 aromatic carbocycles. The molecule has 0 amide bonds. The fourth-order valence-corrected chi connectivity index (χ4v) is 1.03. The second-order valence-electron chi connectivity index (χ2n) is 2.79. The van der Waals surface area contributed by atoms with Gasteiger partial charge in [0.25, 0.3) is 0 Å². The third kappa shape index (κ3) is 3.42. The van der Waals surface area contributed by atoms with Gasteiger partial charge in [-0.15, -0.1) is 0 Å². The lowest BCUT2D eigenvalue weighted by Gasteiger charge is -2.00. The topological polar surface area (TPSA) is 46.5 Å². The van der Waals surface area contributed by atoms with E-state index in [2.05, 4.69) is 4.74 Å². The van der Waals surface area contributed by atoms with Crippen LogP contribution >= 0.6 is 0 Å². The second-order valence-corrected chi connectivity index (χ2v) is 2.79. The summed E-state index contributed by atoms with van der Waals surface area (Å²) in [5, 5.41) is 9.44. The van der Waals surface area contributed by atoms with E-state index < -0.39 is 11.8 Å². The maximum absolute atomic E-state index is 12.8. The van der Waals surface area contributed by atoms with Crippen molar-refractivity contribution in [2.75, 3.05) is 6.61 Å². The molecule has 0 saturated carbocycles. The summed E-state index contributed by atoms with van der Waals surface area (Å²) in [6.07, 6.45) is 0.915. The SMILES string of the molecule is CCOC(=O)C=C(O)c1cccc(F)c1. The minimum absolute atomic E-state index is 0.228. The minimum atomic E-state index is -0.653. The number of carbonyl (C=O) groups is 1. The summed E-state index contributed by atoms with van der Waals surface area (Å²) in [4.78, 5) is 11.0. The maximum Gasteiger partial charge on any atom is 0.334 e. The number of carbonyl (C=O) groups excluding carboxylic acids is 1. The molecule has 0 aliphatic rings. The molecule has 0 heterocycles. The molecule has 0 unspecified atom stereocenters. The quantitative estimate of drug-likeness (QED) is 0.473. The van der Waals surface area contributed by atoms with Gasteiger partial charge in [-0.05, 0) is 19.1 Å². The lowest BCUT2D eigenvalue weighted by atomic mass is 10.2. The number of aliphatic hydroxyl groups excluding tert-OH is 1. The molecular weight excluding hydrogens is 199 g/mol. The predicted molar refractivity (Wildman–Crippen MR) is 53.6 cm³/mol. The summed E-state index contributed by atoms with van der Waals surface area (Å²) in [7, 11) is 0. The first-order chi connectivity index (χ1) is 7.13. The highest BCUT2D eigenvalue weighted by atomic mass is 19.1. The number of hydrogen-bond acceptors (Lipinski definition) is 3. The molecule has 1 rings (SSSR count). The standard InChI is InChI=1S/C11H11FO3/c1-2-15-11(14)7-10(13)8-4-3-5-9(12)6-8/h3-7,13H,2H2,1H3. The monoisotopic (exact) mass is 210 g/mol. The van der Waals surface area contributed by atoms with Gasteiger partial charge in [0.15, 0.2) is 0 Å². The van der Waals surface area contributed by atoms with Crippen LogP contribution in [0.15, 0.2) is 30.3 Å². The molecule has 0 aliphatic carbocycles. The van der Waals surface area contributed by atoms with Crippen LogP contribution in [0.3, 0.4) is 0 Å². The van der Waals surface area contributed by atoms with Crippen molar-refractivity contribution in [1.29, 1.82) is 0 Å². The molecule has 0 aliphatic heterocycles. The molecular formula is C11H11FO3. The van der Waals surface area contributed by atoms with Crippen molar-refractivity contribution < 1.29 is 19.0 Å². The second kappa shape index (κ2) is 5.14. The Morgan fingerprint density at radius 3 is 2.93 bits per heavy atom. The molecule has 0 saturated heterocycles. The number of halogens is 1. The van der Waals surface area contributed by atoms with E-state index in [1.807, 2.05) is 0 Å². The summed E-state index contributed by atoms with van der Waals surface area (Å²) in [5.41, 5.74) is 0.239. The zero-order valence-electron chi connectivity index (χ0n) is 8.24. The van der Waals surface area contributed by atoms with E-state index >= 15 is 0 Å². The van der Waals surface area contributed by atoms with Gasteiger partial charge in [0.1, 0.15) is 11.6 Å². The fraction of sp³-hybridized carbons (Fsp3) is 0.182. The average molecular weight is 210 g/mol. The zero-order valence-corrected chi connectivity index (χ0v) is 8.24. The number of benzene rings is 1. The van der Waals surface area contributed by atoms with Crippen molar-refractivity contribution in [2.45, 2.75) is 6.92 Å². The van der Waals surface area contributed by atoms with E-state index in [9.17, 15) is 14.3 Å². The van der Waals surface area contributed by atoms with Crippen LogP contribution in [-0.4, -0.2) is 17.7 Å². The van der Waals surface area contributed by atoms with E-state index in [4.69, 9.17) is 0 Å². The van der Waals surface area contributed by atoms with E-state index in [1.165, 1.54) is 18.2 Å². The van der Waals surface area contributed by atoms with Crippen LogP contribution in [0.5, 0.6) is 0 Å². The van der Waals surface area contributed by atoms with Gasteiger partial charge >= 0.3 is 5.97 Å². The Morgan fingerprint density at radius 2 is 2.33 bits per heavy atom. The van der Waals surface area contributed by atoms with Crippen LogP contribution < -0.4 is 0 Å². The molecule has 0 atom stereocenters. The molecule has 4 heteroatoms. The van der Waals surface area contributed by atoms with Gasteiger partial charge in [-0.1, -0.05) is 12.1 Å². The molecule has 0 bridgehead atoms. The first-order valence-corrected chi connectivity index (χ1v) is 4.47. The predicted octanol–water partition coefficient (Wildman–Crippen LogP) is 2.29. The van der Waals surface area contributed by atoms with Crippen molar-refractivity contribution >= 4 is 11.7 Å². The third-order valence-electron chi connectivity index (χ3n) is 1.66. The van der Waals surface area contributed by atoms with Crippen molar-refractivity contribution in [1.82, 2.24) is 0 Å². The zero-order chi connectivity index (χ0) is 11.3. The first kappa shape index (κ1) is 11.2. The van der Waals surface area contributed by atoms with Gasteiger partial charge in [-0.25, -0.2) is 9.18 Å². The first-order valence-electron chi connectivity index (χ1n) is 4.47. The van der Waals surface area contributed by atoms with E-state index in [1.54, 1.807) is 6.92 Å². The third-order valence-corrected chi connectivity index (χ3v) is 1.66. The molecule has 80 valence electrons. The van der Waals surface area contributed by atoms with E-state index in [0.717, 1.165) is 12.1 Å². The summed E-state index contributed by atoms with van der Waals surface area (Å²) in [5.74, 6) is -1.44. The van der Waals surface area contributed by atoms with Crippen molar-refractivity contribution in [3.05, 3.63) is 41.7 Å². The Balaban J connectivity index is 2.84. The van der Waals surface area contributed by atoms with Gasteiger partial charge in [0.05, 0.1) is 12.7 Å². The molecule has 15 heavy (non-hydrogen) atoms. The molecule has 0 aromatic heterocycles. The molecule has 1 aromatic rings. The fourth-order valence-electron chi connectivity index (χ4n) is 1.03. The lowest BCUT2D eigenvalue weighted by Crippen LogP contribution is -2.00. The highest BCUT2D eigenvalue weighted by Gasteiger charge is 2.04. The van der Waals surface area contributed by atoms with Crippen molar-refractivity contribution in [2.24, 2.45) is 0 Å². The van der Waals surface area contributed by atoms with E-state index in [0.29, 0.717) is 0 Å². The van der Waals surface area contributed by atoms with Crippen LogP contribution in [0.2, 0.25) is 0 Å². The van der Waals surface area contributed by atoms with Gasteiger partial charge in [-0.2, -0.15) is 0 Å². The summed E-state index contributed by atoms with van der Waals surface area (Å²) >= 11 is 0.